The first-order chi connectivity index (χ1) is 14.8. The molecule has 1 atom stereocenters. The van der Waals surface area contributed by atoms with Crippen LogP contribution in [0.3, 0.4) is 0 Å². The Morgan fingerprint density at radius 2 is 1.84 bits per heavy atom. The summed E-state index contributed by atoms with van der Waals surface area (Å²) in [5.74, 6) is 0.415. The zero-order valence-corrected chi connectivity index (χ0v) is 20.6. The maximum absolute atomic E-state index is 12.5. The Kier molecular flexibility index (Phi) is 9.91. The first kappa shape index (κ1) is 25.3. The molecule has 0 aliphatic carbocycles. The van der Waals surface area contributed by atoms with Crippen molar-refractivity contribution >= 4 is 33.4 Å². The van der Waals surface area contributed by atoms with Crippen molar-refractivity contribution in [3.05, 3.63) is 59.7 Å². The number of carbonyl (C=O) groups is 1. The fraction of sp³-hybridized carbons (Fsp3) is 0.458. The van der Waals surface area contributed by atoms with E-state index in [9.17, 15) is 13.2 Å². The predicted molar refractivity (Wildman–Crippen MR) is 131 cm³/mol. The van der Waals surface area contributed by atoms with Crippen LogP contribution < -0.4 is 9.62 Å². The fourth-order valence-corrected chi connectivity index (χ4v) is 4.71. The summed E-state index contributed by atoms with van der Waals surface area (Å²) in [6.07, 6.45) is 7.70. The topological polar surface area (TPSA) is 66.5 Å². The maximum Gasteiger partial charge on any atom is 0.251 e. The van der Waals surface area contributed by atoms with Crippen molar-refractivity contribution in [1.82, 2.24) is 5.32 Å². The second-order valence-corrected chi connectivity index (χ2v) is 10.6. The van der Waals surface area contributed by atoms with E-state index in [0.717, 1.165) is 29.7 Å². The minimum atomic E-state index is -3.45. The number of benzene rings is 2. The highest BCUT2D eigenvalue weighted by Gasteiger charge is 2.18. The highest BCUT2D eigenvalue weighted by molar-refractivity contribution is 7.98. The van der Waals surface area contributed by atoms with Crippen molar-refractivity contribution in [1.29, 1.82) is 0 Å². The van der Waals surface area contributed by atoms with E-state index in [0.29, 0.717) is 23.7 Å². The molecule has 0 aliphatic rings. The Hall–Kier alpha value is -1.99. The van der Waals surface area contributed by atoms with Gasteiger partial charge in [-0.05, 0) is 54.5 Å². The Morgan fingerprint density at radius 1 is 1.13 bits per heavy atom. The van der Waals surface area contributed by atoms with Gasteiger partial charge in [-0.1, -0.05) is 51.3 Å². The lowest BCUT2D eigenvalue weighted by atomic mass is 9.99. The van der Waals surface area contributed by atoms with Crippen molar-refractivity contribution in [3.63, 3.8) is 0 Å². The number of nitrogens with one attached hydrogen (secondary N) is 1. The molecule has 0 saturated heterocycles. The molecule has 0 spiro atoms. The number of anilines is 1. The molecule has 0 bridgehead atoms. The number of thioether (sulfide) groups is 1. The van der Waals surface area contributed by atoms with Crippen molar-refractivity contribution in [2.24, 2.45) is 5.92 Å². The number of sulfonamides is 1. The Morgan fingerprint density at radius 3 is 2.42 bits per heavy atom. The lowest BCUT2D eigenvalue weighted by molar-refractivity contribution is 0.0946. The van der Waals surface area contributed by atoms with Gasteiger partial charge >= 0.3 is 0 Å². The average Bonchev–Trinajstić information content (AvgIpc) is 2.77. The molecule has 7 heteroatoms. The molecule has 170 valence electrons. The Balaban J connectivity index is 2.07. The number of hydrogen-bond acceptors (Lipinski definition) is 4. The summed E-state index contributed by atoms with van der Waals surface area (Å²) in [7, 11) is -3.45. The normalized spacial score (nSPS) is 12.4. The van der Waals surface area contributed by atoms with Crippen molar-refractivity contribution in [2.45, 2.75) is 51.0 Å². The summed E-state index contributed by atoms with van der Waals surface area (Å²) >= 11 is 1.57. The molecule has 0 aliphatic heterocycles. The smallest absolute Gasteiger partial charge is 0.251 e. The van der Waals surface area contributed by atoms with Crippen LogP contribution in [0.1, 0.15) is 55.5 Å². The van der Waals surface area contributed by atoms with Gasteiger partial charge in [-0.2, -0.15) is 0 Å². The molecular formula is C24H34N2O3S2. The van der Waals surface area contributed by atoms with Crippen molar-refractivity contribution in [3.8, 4) is 0 Å². The van der Waals surface area contributed by atoms with Crippen LogP contribution in [0.15, 0.2) is 53.4 Å². The van der Waals surface area contributed by atoms with Crippen LogP contribution in [0.2, 0.25) is 0 Å². The van der Waals surface area contributed by atoms with E-state index in [1.165, 1.54) is 17.0 Å². The molecule has 0 aromatic heterocycles. The molecule has 31 heavy (non-hydrogen) atoms. The maximum atomic E-state index is 12.5. The van der Waals surface area contributed by atoms with Crippen LogP contribution >= 0.6 is 11.8 Å². The third-order valence-corrected chi connectivity index (χ3v) is 7.24. The lowest BCUT2D eigenvalue weighted by Crippen LogP contribution is -2.30. The standard InChI is InChI=1S/C24H34N2O3S2/c1-5-7-9-19(6-2)17-25-24(27)21-14-12-20(13-15-21)18-26(31(4,28)29)22-10-8-11-23(16-22)30-3/h8,10-16,19H,5-7,9,17-18H2,1-4H3,(H,25,27). The molecule has 1 N–H and O–H groups in total. The van der Waals surface area contributed by atoms with Crippen LogP contribution in [-0.2, 0) is 16.6 Å². The summed E-state index contributed by atoms with van der Waals surface area (Å²) in [6.45, 7) is 5.24. The molecular weight excluding hydrogens is 428 g/mol. The third-order valence-electron chi connectivity index (χ3n) is 5.38. The van der Waals surface area contributed by atoms with E-state index in [-0.39, 0.29) is 12.5 Å². The summed E-state index contributed by atoms with van der Waals surface area (Å²) in [6, 6.07) is 14.6. The Bertz CT molecular complexity index is 944. The van der Waals surface area contributed by atoms with Gasteiger partial charge in [0.15, 0.2) is 0 Å². The van der Waals surface area contributed by atoms with E-state index in [1.54, 1.807) is 30.0 Å². The number of unbranched alkanes of at least 4 members (excludes halogenated alkanes) is 1. The number of amides is 1. The minimum Gasteiger partial charge on any atom is -0.352 e. The zero-order valence-electron chi connectivity index (χ0n) is 18.9. The highest BCUT2D eigenvalue weighted by Crippen LogP contribution is 2.25. The van der Waals surface area contributed by atoms with Crippen LogP contribution in [0.4, 0.5) is 5.69 Å². The molecule has 0 heterocycles. The predicted octanol–water partition coefficient (Wildman–Crippen LogP) is 5.32. The van der Waals surface area contributed by atoms with E-state index >= 15 is 0 Å². The van der Waals surface area contributed by atoms with Gasteiger partial charge in [0.25, 0.3) is 5.91 Å². The summed E-state index contributed by atoms with van der Waals surface area (Å²) in [4.78, 5) is 13.5. The largest absolute Gasteiger partial charge is 0.352 e. The lowest BCUT2D eigenvalue weighted by Gasteiger charge is -2.23. The fourth-order valence-electron chi connectivity index (χ4n) is 3.38. The van der Waals surface area contributed by atoms with Gasteiger partial charge in [-0.25, -0.2) is 8.42 Å². The number of rotatable bonds is 12. The zero-order chi connectivity index (χ0) is 22.9. The molecule has 2 aromatic carbocycles. The van der Waals surface area contributed by atoms with Gasteiger partial charge in [0, 0.05) is 17.0 Å². The second-order valence-electron chi connectivity index (χ2n) is 7.79. The van der Waals surface area contributed by atoms with Crippen molar-refractivity contribution in [2.75, 3.05) is 23.4 Å². The van der Waals surface area contributed by atoms with Crippen molar-refractivity contribution < 1.29 is 13.2 Å². The van der Waals surface area contributed by atoms with Crippen LogP contribution in [0, 0.1) is 5.92 Å². The number of hydrogen-bond donors (Lipinski definition) is 1. The monoisotopic (exact) mass is 462 g/mol. The van der Waals surface area contributed by atoms with Gasteiger partial charge in [-0.15, -0.1) is 11.8 Å². The number of carbonyl (C=O) groups excluding carboxylic acids is 1. The highest BCUT2D eigenvalue weighted by atomic mass is 32.2. The molecule has 0 fully saturated rings. The quantitative estimate of drug-likeness (QED) is 0.434. The first-order valence-electron chi connectivity index (χ1n) is 10.8. The molecule has 5 nitrogen and oxygen atoms in total. The molecule has 0 radical (unpaired) electrons. The molecule has 1 unspecified atom stereocenters. The first-order valence-corrected chi connectivity index (χ1v) is 13.8. The molecule has 0 saturated carbocycles. The summed E-state index contributed by atoms with van der Waals surface area (Å²) in [5, 5.41) is 3.03. The van der Waals surface area contributed by atoms with E-state index in [4.69, 9.17) is 0 Å². The average molecular weight is 463 g/mol. The molecule has 2 aromatic rings. The minimum absolute atomic E-state index is 0.0888. The summed E-state index contributed by atoms with van der Waals surface area (Å²) < 4.78 is 26.2. The molecule has 2 rings (SSSR count). The van der Waals surface area contributed by atoms with Gasteiger partial charge < -0.3 is 5.32 Å². The van der Waals surface area contributed by atoms with E-state index in [2.05, 4.69) is 19.2 Å². The second kappa shape index (κ2) is 12.2. The van der Waals surface area contributed by atoms with Gasteiger partial charge in [0.05, 0.1) is 18.5 Å². The van der Waals surface area contributed by atoms with Gasteiger partial charge in [0.2, 0.25) is 10.0 Å². The van der Waals surface area contributed by atoms with Crippen LogP contribution in [-0.4, -0.2) is 33.4 Å². The number of nitrogens with zero attached hydrogens (tertiary/aromatic N) is 1. The van der Waals surface area contributed by atoms with E-state index < -0.39 is 10.0 Å². The van der Waals surface area contributed by atoms with Crippen LogP contribution in [0.5, 0.6) is 0 Å². The van der Waals surface area contributed by atoms with Gasteiger partial charge in [0.1, 0.15) is 0 Å². The van der Waals surface area contributed by atoms with Gasteiger partial charge in [-0.3, -0.25) is 9.10 Å². The Labute approximate surface area is 191 Å². The SMILES string of the molecule is CCCCC(CC)CNC(=O)c1ccc(CN(c2cccc(SC)c2)S(C)(=O)=O)cc1. The van der Waals surface area contributed by atoms with Crippen LogP contribution in [0.25, 0.3) is 0 Å². The summed E-state index contributed by atoms with van der Waals surface area (Å²) in [5.41, 5.74) is 2.05. The molecule has 1 amide bonds. The van der Waals surface area contributed by atoms with E-state index in [1.807, 2.05) is 36.6 Å². The third kappa shape index (κ3) is 7.89.